The van der Waals surface area contributed by atoms with E-state index in [9.17, 15) is 14.7 Å². The third-order valence-electron chi connectivity index (χ3n) is 7.54. The molecule has 238 valence electrons. The molecule has 1 saturated heterocycles. The van der Waals surface area contributed by atoms with Crippen LogP contribution in [0.2, 0.25) is 0 Å². The monoisotopic (exact) mass is 654 g/mol. The molecule has 2 unspecified atom stereocenters. The number of nitrogens with zero attached hydrogens (tertiary/aromatic N) is 1. The van der Waals surface area contributed by atoms with Gasteiger partial charge in [-0.3, -0.25) is 9.69 Å². The summed E-state index contributed by atoms with van der Waals surface area (Å²) in [5, 5.41) is 13.0. The van der Waals surface area contributed by atoms with E-state index >= 15 is 0 Å². The number of hydrogen-bond acceptors (Lipinski definition) is 7. The molecule has 1 fully saturated rings. The molecule has 1 heterocycles. The first-order valence-corrected chi connectivity index (χ1v) is 18.1. The fourth-order valence-electron chi connectivity index (χ4n) is 5.36. The van der Waals surface area contributed by atoms with Gasteiger partial charge in [-0.2, -0.15) is 36.2 Å². The number of rotatable bonds is 14. The second-order valence-corrected chi connectivity index (χ2v) is 13.8. The number of thiol groups is 1. The number of carboxylic acids is 1. The molecular formula is C35H46N2O4S3. The Kier molecular flexibility index (Phi) is 15.7. The Morgan fingerprint density at radius 1 is 1.07 bits per heavy atom. The second-order valence-electron chi connectivity index (χ2n) is 10.8. The van der Waals surface area contributed by atoms with Gasteiger partial charge in [-0.25, -0.2) is 4.79 Å². The van der Waals surface area contributed by atoms with Crippen LogP contribution < -0.4 is 5.32 Å². The van der Waals surface area contributed by atoms with Crippen molar-refractivity contribution in [2.45, 2.75) is 56.3 Å². The maximum absolute atomic E-state index is 13.4. The number of likely N-dealkylation sites (tertiary alicyclic amines) is 1. The lowest BCUT2D eigenvalue weighted by atomic mass is 9.93. The Hall–Kier alpha value is -2.43. The second kappa shape index (κ2) is 19.2. The zero-order valence-electron chi connectivity index (χ0n) is 26.2. The van der Waals surface area contributed by atoms with Crippen LogP contribution in [0, 0.1) is 6.92 Å². The van der Waals surface area contributed by atoms with Crippen LogP contribution >= 0.6 is 36.2 Å². The quantitative estimate of drug-likeness (QED) is 0.161. The van der Waals surface area contributed by atoms with E-state index in [2.05, 4.69) is 59.2 Å². The van der Waals surface area contributed by atoms with Crippen molar-refractivity contribution in [3.63, 3.8) is 0 Å². The molecule has 0 radical (unpaired) electrons. The Morgan fingerprint density at radius 2 is 1.77 bits per heavy atom. The smallest absolute Gasteiger partial charge is 0.326 e. The van der Waals surface area contributed by atoms with Crippen LogP contribution in [0.1, 0.15) is 46.8 Å². The first kappa shape index (κ1) is 36.0. The van der Waals surface area contributed by atoms with Crippen LogP contribution in [-0.2, 0) is 21.8 Å². The van der Waals surface area contributed by atoms with Gasteiger partial charge in [-0.15, -0.1) is 0 Å². The highest BCUT2D eigenvalue weighted by molar-refractivity contribution is 7.99. The molecule has 3 atom stereocenters. The van der Waals surface area contributed by atoms with Gasteiger partial charge in [-0.1, -0.05) is 67.6 Å². The van der Waals surface area contributed by atoms with Crippen LogP contribution in [-0.4, -0.2) is 77.2 Å². The van der Waals surface area contributed by atoms with Gasteiger partial charge in [0.1, 0.15) is 6.04 Å². The number of methoxy groups -OCH3 is 1. The van der Waals surface area contributed by atoms with E-state index in [0.717, 1.165) is 53.3 Å². The van der Waals surface area contributed by atoms with Crippen molar-refractivity contribution < 1.29 is 19.4 Å². The molecule has 0 aromatic heterocycles. The van der Waals surface area contributed by atoms with Gasteiger partial charge < -0.3 is 15.2 Å². The topological polar surface area (TPSA) is 78.9 Å². The summed E-state index contributed by atoms with van der Waals surface area (Å²) in [5.41, 5.74) is 5.81. The van der Waals surface area contributed by atoms with Crippen LogP contribution in [0.3, 0.4) is 0 Å². The number of benzene rings is 3. The Labute approximate surface area is 277 Å². The van der Waals surface area contributed by atoms with Crippen LogP contribution in [0.4, 0.5) is 0 Å². The van der Waals surface area contributed by atoms with Crippen molar-refractivity contribution in [3.8, 4) is 11.1 Å². The third-order valence-corrected chi connectivity index (χ3v) is 9.50. The van der Waals surface area contributed by atoms with E-state index in [4.69, 9.17) is 4.74 Å². The largest absolute Gasteiger partial charge is 0.480 e. The lowest BCUT2D eigenvalue weighted by molar-refractivity contribution is -0.139. The van der Waals surface area contributed by atoms with Gasteiger partial charge in [0.05, 0.1) is 6.61 Å². The van der Waals surface area contributed by atoms with Crippen LogP contribution in [0.25, 0.3) is 11.1 Å². The van der Waals surface area contributed by atoms with Crippen molar-refractivity contribution in [1.82, 2.24) is 10.2 Å². The van der Waals surface area contributed by atoms with Gasteiger partial charge in [-0.05, 0) is 77.5 Å². The van der Waals surface area contributed by atoms with E-state index in [-0.39, 0.29) is 5.91 Å². The molecule has 2 N–H and O–H groups in total. The highest BCUT2D eigenvalue weighted by Gasteiger charge is 2.32. The summed E-state index contributed by atoms with van der Waals surface area (Å²) in [6, 6.07) is 24.0. The van der Waals surface area contributed by atoms with Gasteiger partial charge in [0.15, 0.2) is 0 Å². The molecule has 3 aromatic carbocycles. The van der Waals surface area contributed by atoms with E-state index in [1.165, 1.54) is 5.56 Å². The van der Waals surface area contributed by atoms with Gasteiger partial charge >= 0.3 is 5.97 Å². The molecule has 3 aromatic rings. The summed E-state index contributed by atoms with van der Waals surface area (Å²) in [4.78, 5) is 27.8. The van der Waals surface area contributed by atoms with E-state index in [0.29, 0.717) is 35.6 Å². The Bertz CT molecular complexity index is 1320. The number of carbonyl (C=O) groups is 2. The average Bonchev–Trinajstić information content (AvgIpc) is 3.40. The predicted molar refractivity (Wildman–Crippen MR) is 190 cm³/mol. The lowest BCUT2D eigenvalue weighted by Gasteiger charge is -2.24. The number of aryl methyl sites for hydroxylation is 1. The van der Waals surface area contributed by atoms with Crippen molar-refractivity contribution >= 4 is 48.0 Å². The molecule has 1 aliphatic rings. The Morgan fingerprint density at radius 3 is 2.43 bits per heavy atom. The summed E-state index contributed by atoms with van der Waals surface area (Å²) >= 11 is 7.36. The number of hydrogen-bond donors (Lipinski definition) is 3. The molecule has 1 aliphatic heterocycles. The van der Waals surface area contributed by atoms with Gasteiger partial charge in [0.2, 0.25) is 0 Å². The van der Waals surface area contributed by atoms with Gasteiger partial charge in [0, 0.05) is 42.8 Å². The van der Waals surface area contributed by atoms with E-state index in [1.807, 2.05) is 68.3 Å². The molecular weight excluding hydrogens is 609 g/mol. The third kappa shape index (κ3) is 10.9. The number of aliphatic carboxylic acids is 1. The maximum Gasteiger partial charge on any atom is 0.326 e. The molecule has 0 spiro atoms. The SMILES string of the molecule is CCS.COC[C@@H]1CC(SCc2ccccc2)CN1Cc1ccc(C(=O)NC(CCSC)C(=O)O)c(-c2ccccc2C)c1. The highest BCUT2D eigenvalue weighted by Crippen LogP contribution is 2.33. The minimum absolute atomic E-state index is 0.325. The molecule has 4 rings (SSSR count). The first-order chi connectivity index (χ1) is 21.3. The summed E-state index contributed by atoms with van der Waals surface area (Å²) in [6.45, 7) is 6.43. The molecule has 1 amide bonds. The standard InChI is InChI=1S/C33H40N2O4S2.C2H6S/c1-23-9-7-8-12-28(23)30-17-25(13-14-29(30)32(36)34-31(33(37)38)15-16-40-3)19-35-20-27(18-26(35)21-39-2)41-22-24-10-5-4-6-11-24;1-2-3/h4-14,17,26-27,31H,15-16,18-22H2,1-3H3,(H,34,36)(H,37,38);3H,2H2,1H3/t26-,27?,31?;/m0./s1. The van der Waals surface area contributed by atoms with E-state index < -0.39 is 12.0 Å². The summed E-state index contributed by atoms with van der Waals surface area (Å²) < 4.78 is 5.60. The predicted octanol–water partition coefficient (Wildman–Crippen LogP) is 7.06. The fourth-order valence-corrected chi connectivity index (χ4v) is 7.10. The van der Waals surface area contributed by atoms with Crippen molar-refractivity contribution in [2.75, 3.05) is 38.0 Å². The summed E-state index contributed by atoms with van der Waals surface area (Å²) in [7, 11) is 1.76. The maximum atomic E-state index is 13.4. The average molecular weight is 655 g/mol. The zero-order valence-corrected chi connectivity index (χ0v) is 28.7. The van der Waals surface area contributed by atoms with Crippen LogP contribution in [0.5, 0.6) is 0 Å². The molecule has 0 aliphatic carbocycles. The summed E-state index contributed by atoms with van der Waals surface area (Å²) in [5.74, 6) is 1.22. The minimum Gasteiger partial charge on any atom is -0.480 e. The zero-order chi connectivity index (χ0) is 31.9. The minimum atomic E-state index is -1.01. The number of amides is 1. The number of thioether (sulfide) groups is 2. The molecule has 6 nitrogen and oxygen atoms in total. The van der Waals surface area contributed by atoms with Crippen molar-refractivity contribution in [1.29, 1.82) is 0 Å². The van der Waals surface area contributed by atoms with Gasteiger partial charge in [0.25, 0.3) is 5.91 Å². The Balaban J connectivity index is 0.00000169. The van der Waals surface area contributed by atoms with Crippen molar-refractivity contribution in [2.24, 2.45) is 0 Å². The van der Waals surface area contributed by atoms with Crippen molar-refractivity contribution in [3.05, 3.63) is 95.1 Å². The fraction of sp³-hybridized carbons (Fsp3) is 0.429. The number of carbonyl (C=O) groups excluding carboxylic acids is 1. The van der Waals surface area contributed by atoms with E-state index in [1.54, 1.807) is 18.9 Å². The summed E-state index contributed by atoms with van der Waals surface area (Å²) in [6.07, 6.45) is 3.37. The first-order valence-electron chi connectivity index (χ1n) is 15.0. The highest BCUT2D eigenvalue weighted by atomic mass is 32.2. The number of nitrogens with one attached hydrogen (secondary N) is 1. The molecule has 9 heteroatoms. The molecule has 0 bridgehead atoms. The van der Waals surface area contributed by atoms with Crippen LogP contribution in [0.15, 0.2) is 72.8 Å². The normalized spacial score (nSPS) is 17.0. The molecule has 0 saturated carbocycles. The number of ether oxygens (including phenoxy) is 1. The number of carboxylic acid groups (broad SMARTS) is 1. The molecule has 44 heavy (non-hydrogen) atoms. The lowest BCUT2D eigenvalue weighted by Crippen LogP contribution is -2.41.